The first kappa shape index (κ1) is 29.6. The van der Waals surface area contributed by atoms with Crippen LogP contribution in [0, 0.1) is 11.8 Å². The first-order chi connectivity index (χ1) is 19.4. The van der Waals surface area contributed by atoms with Gasteiger partial charge in [0.25, 0.3) is 5.91 Å². The average molecular weight is 604 g/mol. The number of hydrogen-bond donors (Lipinski definition) is 2. The third kappa shape index (κ3) is 6.97. The highest BCUT2D eigenvalue weighted by molar-refractivity contribution is 8.01. The Morgan fingerprint density at radius 3 is 2.39 bits per heavy atom. The summed E-state index contributed by atoms with van der Waals surface area (Å²) >= 11 is 1.48. The second-order valence-corrected chi connectivity index (χ2v) is 14.4. The molecule has 0 heterocycles. The highest BCUT2D eigenvalue weighted by atomic mass is 32.2. The highest BCUT2D eigenvalue weighted by Gasteiger charge is 2.46. The molecule has 5 nitrogen and oxygen atoms in total. The van der Waals surface area contributed by atoms with Crippen molar-refractivity contribution in [3.8, 4) is 5.75 Å². The Kier molecular flexibility index (Phi) is 8.53. The summed E-state index contributed by atoms with van der Waals surface area (Å²) in [4.78, 5) is 26.2. The number of ether oxygens (including phenoxy) is 1. The van der Waals surface area contributed by atoms with Crippen molar-refractivity contribution < 1.29 is 32.6 Å². The van der Waals surface area contributed by atoms with Crippen LogP contribution in [0.2, 0.25) is 0 Å². The number of alkyl halides is 3. The van der Waals surface area contributed by atoms with Gasteiger partial charge in [-0.3, -0.25) is 4.79 Å². The van der Waals surface area contributed by atoms with E-state index in [1.165, 1.54) is 31.4 Å². The monoisotopic (exact) mass is 603 g/mol. The summed E-state index contributed by atoms with van der Waals surface area (Å²) in [7, 11) is 0. The third-order valence-corrected chi connectivity index (χ3v) is 10.5. The summed E-state index contributed by atoms with van der Waals surface area (Å²) in [6, 6.07) is 15.5. The van der Waals surface area contributed by atoms with Gasteiger partial charge in [-0.1, -0.05) is 48.9 Å². The molecule has 218 valence electrons. The van der Waals surface area contributed by atoms with E-state index in [-0.39, 0.29) is 34.6 Å². The van der Waals surface area contributed by atoms with Gasteiger partial charge in [-0.05, 0) is 85.9 Å². The molecule has 2 fully saturated rings. The molecule has 1 amide bonds. The Morgan fingerprint density at radius 1 is 1.02 bits per heavy atom. The summed E-state index contributed by atoms with van der Waals surface area (Å²) < 4.78 is 43.5. The first-order valence-electron chi connectivity index (χ1n) is 13.6. The van der Waals surface area contributed by atoms with E-state index in [0.717, 1.165) is 17.7 Å². The number of benzene rings is 3. The molecule has 41 heavy (non-hydrogen) atoms. The number of aliphatic carboxylic acids is 1. The zero-order valence-electron chi connectivity index (χ0n) is 22.7. The van der Waals surface area contributed by atoms with Crippen LogP contribution >= 0.6 is 23.5 Å². The van der Waals surface area contributed by atoms with Crippen molar-refractivity contribution in [2.24, 2.45) is 11.8 Å². The van der Waals surface area contributed by atoms with E-state index >= 15 is 0 Å². The molecule has 0 spiro atoms. The number of rotatable bonds is 10. The van der Waals surface area contributed by atoms with Crippen molar-refractivity contribution in [3.05, 3.63) is 71.8 Å². The summed E-state index contributed by atoms with van der Waals surface area (Å²) in [5, 5.41) is 14.8. The number of carboxylic acids is 1. The van der Waals surface area contributed by atoms with Crippen molar-refractivity contribution in [1.29, 1.82) is 0 Å². The molecule has 1 unspecified atom stereocenters. The summed E-state index contributed by atoms with van der Waals surface area (Å²) in [6.45, 7) is 3.77. The fourth-order valence-corrected chi connectivity index (χ4v) is 8.47. The topological polar surface area (TPSA) is 75.6 Å². The molecule has 2 aliphatic rings. The third-order valence-electron chi connectivity index (χ3n) is 8.01. The summed E-state index contributed by atoms with van der Waals surface area (Å²) in [5.41, 5.74) is -3.55. The number of thioether (sulfide) groups is 2. The fourth-order valence-electron chi connectivity index (χ4n) is 6.05. The second kappa shape index (κ2) is 11.8. The van der Waals surface area contributed by atoms with Crippen molar-refractivity contribution in [3.63, 3.8) is 0 Å². The summed E-state index contributed by atoms with van der Waals surface area (Å²) in [5.74, 6) is -0.0353. The lowest BCUT2D eigenvalue weighted by molar-refractivity contribution is -0.139. The van der Waals surface area contributed by atoms with E-state index < -0.39 is 28.2 Å². The van der Waals surface area contributed by atoms with E-state index in [4.69, 9.17) is 4.74 Å². The van der Waals surface area contributed by atoms with Crippen molar-refractivity contribution in [2.75, 3.05) is 0 Å². The van der Waals surface area contributed by atoms with Gasteiger partial charge in [0.15, 0.2) is 0 Å². The quantitative estimate of drug-likeness (QED) is 0.229. The number of fused-ring (bicyclic) bond motifs is 3. The molecule has 5 rings (SSSR count). The van der Waals surface area contributed by atoms with E-state index in [1.807, 2.05) is 38.1 Å². The molecular weight excluding hydrogens is 571 g/mol. The Morgan fingerprint density at radius 2 is 1.76 bits per heavy atom. The van der Waals surface area contributed by atoms with Gasteiger partial charge in [-0.2, -0.15) is 13.2 Å². The number of carboxylic acid groups (broad SMARTS) is 1. The van der Waals surface area contributed by atoms with Crippen LogP contribution in [0.25, 0.3) is 10.8 Å². The van der Waals surface area contributed by atoms with Crippen LogP contribution in [0.15, 0.2) is 65.6 Å². The molecule has 0 aliphatic heterocycles. The largest absolute Gasteiger partial charge is 0.487 e. The van der Waals surface area contributed by atoms with Crippen LogP contribution in [-0.2, 0) is 11.4 Å². The molecule has 2 bridgehead atoms. The van der Waals surface area contributed by atoms with E-state index in [9.17, 15) is 27.9 Å². The zero-order valence-corrected chi connectivity index (χ0v) is 24.4. The van der Waals surface area contributed by atoms with E-state index in [0.29, 0.717) is 22.1 Å². The predicted molar refractivity (Wildman–Crippen MR) is 156 cm³/mol. The van der Waals surface area contributed by atoms with Crippen molar-refractivity contribution in [1.82, 2.24) is 5.32 Å². The van der Waals surface area contributed by atoms with Gasteiger partial charge in [0, 0.05) is 20.3 Å². The SMILES string of the molecule is CC(C)(S[C@@H]1C[C@@H]2CC[C@H]1C2)C(NC(=O)c1ccc2ccccc2c1OCc1ccc(SC(F)(F)F)cc1)C(=O)O. The van der Waals surface area contributed by atoms with Crippen molar-refractivity contribution >= 4 is 46.2 Å². The van der Waals surface area contributed by atoms with Crippen LogP contribution in [0.4, 0.5) is 13.2 Å². The predicted octanol–water partition coefficient (Wildman–Crippen LogP) is 7.91. The minimum absolute atomic E-state index is 0.0131. The number of carbonyl (C=O) groups excluding carboxylic acids is 1. The molecule has 3 aromatic rings. The number of nitrogens with one attached hydrogen (secondary N) is 1. The zero-order chi connectivity index (χ0) is 29.4. The van der Waals surface area contributed by atoms with Gasteiger partial charge >= 0.3 is 11.5 Å². The second-order valence-electron chi connectivity index (χ2n) is 11.3. The maximum atomic E-state index is 13.7. The maximum Gasteiger partial charge on any atom is 0.446 e. The Bertz CT molecular complexity index is 1430. The van der Waals surface area contributed by atoms with Crippen molar-refractivity contribution in [2.45, 2.75) is 72.6 Å². The van der Waals surface area contributed by atoms with Crippen LogP contribution in [0.5, 0.6) is 5.75 Å². The standard InChI is InChI=1S/C31H32F3NO4S2/c1-30(2,41-25-16-19-7-10-21(25)15-19)27(29(37)38)35-28(36)24-14-11-20-5-3-4-6-23(20)26(24)39-17-18-8-12-22(13-9-18)40-31(32,33)34/h3-6,8-9,11-14,19,21,25,27H,7,10,15-17H2,1-2H3,(H,35,36)(H,37,38)/t19-,21+,25-,27?/m1/s1. The van der Waals surface area contributed by atoms with Gasteiger partial charge in [-0.15, -0.1) is 11.8 Å². The first-order valence-corrected chi connectivity index (χ1v) is 15.3. The molecule has 0 radical (unpaired) electrons. The lowest BCUT2D eigenvalue weighted by atomic mass is 10.00. The van der Waals surface area contributed by atoms with Gasteiger partial charge in [-0.25, -0.2) is 4.79 Å². The minimum atomic E-state index is -4.37. The Hall–Kier alpha value is -2.85. The number of amides is 1. The number of halogens is 3. The molecule has 4 atom stereocenters. The van der Waals surface area contributed by atoms with Gasteiger partial charge in [0.2, 0.25) is 0 Å². The van der Waals surface area contributed by atoms with Crippen LogP contribution < -0.4 is 10.1 Å². The molecule has 10 heteroatoms. The smallest absolute Gasteiger partial charge is 0.446 e. The minimum Gasteiger partial charge on any atom is -0.487 e. The molecular formula is C31H32F3NO4S2. The van der Waals surface area contributed by atoms with E-state index in [2.05, 4.69) is 5.32 Å². The molecule has 0 saturated heterocycles. The molecule has 2 aliphatic carbocycles. The normalized spacial score (nSPS) is 21.1. The van der Waals surface area contributed by atoms with Gasteiger partial charge in [0.05, 0.1) is 5.56 Å². The number of carbonyl (C=O) groups is 2. The maximum absolute atomic E-state index is 13.7. The van der Waals surface area contributed by atoms with Crippen LogP contribution in [-0.4, -0.2) is 38.5 Å². The van der Waals surface area contributed by atoms with E-state index in [1.54, 1.807) is 36.0 Å². The molecule has 2 N–H and O–H groups in total. The fraction of sp³-hybridized carbons (Fsp3) is 0.419. The highest BCUT2D eigenvalue weighted by Crippen LogP contribution is 2.52. The lowest BCUT2D eigenvalue weighted by Crippen LogP contribution is -2.53. The van der Waals surface area contributed by atoms with Crippen LogP contribution in [0.3, 0.4) is 0 Å². The number of hydrogen-bond acceptors (Lipinski definition) is 5. The molecule has 0 aromatic heterocycles. The molecule has 3 aromatic carbocycles. The van der Waals surface area contributed by atoms with Gasteiger partial charge < -0.3 is 15.2 Å². The molecule has 2 saturated carbocycles. The Balaban J connectivity index is 1.36. The average Bonchev–Trinajstić information content (AvgIpc) is 3.53. The Labute approximate surface area is 245 Å². The van der Waals surface area contributed by atoms with Crippen LogP contribution in [0.1, 0.15) is 55.5 Å². The summed E-state index contributed by atoms with van der Waals surface area (Å²) in [6.07, 6.45) is 4.74. The lowest BCUT2D eigenvalue weighted by Gasteiger charge is -2.36. The van der Waals surface area contributed by atoms with Gasteiger partial charge in [0.1, 0.15) is 18.4 Å².